The van der Waals surface area contributed by atoms with Crippen molar-refractivity contribution in [1.29, 1.82) is 0 Å². The second-order valence-electron chi connectivity index (χ2n) is 8.90. The summed E-state index contributed by atoms with van der Waals surface area (Å²) in [7, 11) is 1.99. The number of nitrogens with zero attached hydrogens (tertiary/aromatic N) is 2. The van der Waals surface area contributed by atoms with Crippen LogP contribution in [0.2, 0.25) is 0 Å². The Balaban J connectivity index is 1.86. The number of ether oxygens (including phenoxy) is 1. The molecule has 3 aromatic rings. The molecule has 182 valence electrons. The molecule has 1 saturated heterocycles. The Kier molecular flexibility index (Phi) is 6.60. The number of piperazine rings is 1. The quantitative estimate of drug-likeness (QED) is 0.548. The van der Waals surface area contributed by atoms with Crippen molar-refractivity contribution in [1.82, 2.24) is 9.80 Å². The molecule has 6 nitrogen and oxygen atoms in total. The zero-order valence-corrected chi connectivity index (χ0v) is 19.3. The van der Waals surface area contributed by atoms with Crippen LogP contribution in [0, 0.1) is 0 Å². The number of phenols is 1. The molecule has 0 spiro atoms. The lowest BCUT2D eigenvalue weighted by Crippen LogP contribution is -2.43. The fourth-order valence-electron chi connectivity index (χ4n) is 4.11. The normalized spacial score (nSPS) is 15.9. The lowest BCUT2D eigenvalue weighted by molar-refractivity contribution is -0.154. The van der Waals surface area contributed by atoms with Gasteiger partial charge in [-0.2, -0.15) is 13.2 Å². The maximum Gasteiger partial charge on any atom is 0.453 e. The van der Waals surface area contributed by atoms with Gasteiger partial charge < -0.3 is 19.2 Å². The van der Waals surface area contributed by atoms with Gasteiger partial charge in [-0.3, -0.25) is 9.69 Å². The average Bonchev–Trinajstić information content (AvgIpc) is 2.78. The monoisotopic (exact) mass is 476 g/mol. The van der Waals surface area contributed by atoms with Crippen LogP contribution in [0.3, 0.4) is 0 Å². The van der Waals surface area contributed by atoms with E-state index in [9.17, 15) is 23.1 Å². The molecule has 0 amide bonds. The molecule has 1 aliphatic rings. The Morgan fingerprint density at radius 3 is 2.41 bits per heavy atom. The van der Waals surface area contributed by atoms with Crippen LogP contribution in [0.5, 0.6) is 17.2 Å². The minimum atomic E-state index is -4.98. The second-order valence-corrected chi connectivity index (χ2v) is 8.90. The largest absolute Gasteiger partial charge is 0.507 e. The molecule has 0 saturated carbocycles. The molecule has 0 bridgehead atoms. The van der Waals surface area contributed by atoms with E-state index >= 15 is 0 Å². The molecular weight excluding hydrogens is 449 g/mol. The highest BCUT2D eigenvalue weighted by Gasteiger charge is 2.41. The van der Waals surface area contributed by atoms with Crippen LogP contribution >= 0.6 is 0 Å². The molecule has 1 N–H and O–H groups in total. The van der Waals surface area contributed by atoms with E-state index in [2.05, 4.69) is 4.90 Å². The van der Waals surface area contributed by atoms with Gasteiger partial charge in [0.1, 0.15) is 17.1 Å². The fourth-order valence-corrected chi connectivity index (χ4v) is 4.11. The molecule has 2 aromatic carbocycles. The maximum atomic E-state index is 14.1. The standard InChI is InChI=1S/C25H27F3N2O4/c1-15(2)16-6-4-5-7-20(16)33-23-21(32)17-8-9-19(31)18(14-30-12-10-29(3)11-13-30)22(17)34-24(23)25(26,27)28/h4-9,15,31H,10-14H2,1-3H3. The van der Waals surface area contributed by atoms with Gasteiger partial charge in [-0.1, -0.05) is 32.0 Å². The number of halogens is 3. The van der Waals surface area contributed by atoms with Crippen molar-refractivity contribution in [2.45, 2.75) is 32.5 Å². The minimum Gasteiger partial charge on any atom is -0.507 e. The van der Waals surface area contributed by atoms with Gasteiger partial charge in [-0.25, -0.2) is 0 Å². The van der Waals surface area contributed by atoms with E-state index in [1.165, 1.54) is 18.2 Å². The van der Waals surface area contributed by atoms with E-state index in [-0.39, 0.29) is 40.5 Å². The first kappa shape index (κ1) is 24.1. The number of rotatable bonds is 5. The summed E-state index contributed by atoms with van der Waals surface area (Å²) in [5, 5.41) is 10.4. The molecule has 34 heavy (non-hydrogen) atoms. The summed E-state index contributed by atoms with van der Waals surface area (Å²) in [6.07, 6.45) is -4.98. The first-order valence-corrected chi connectivity index (χ1v) is 11.1. The van der Waals surface area contributed by atoms with Gasteiger partial charge in [0.25, 0.3) is 5.76 Å². The number of hydrogen-bond acceptors (Lipinski definition) is 6. The number of phenolic OH excluding ortho intramolecular Hbond substituents is 1. The van der Waals surface area contributed by atoms with Crippen molar-refractivity contribution in [3.05, 3.63) is 63.5 Å². The number of likely N-dealkylation sites (N-methyl/N-ethyl adjacent to an activating group) is 1. The summed E-state index contributed by atoms with van der Waals surface area (Å²) in [6, 6.07) is 9.22. The van der Waals surface area contributed by atoms with E-state index in [1.54, 1.807) is 18.2 Å². The van der Waals surface area contributed by atoms with Crippen LogP contribution in [0.1, 0.15) is 36.7 Å². The van der Waals surface area contributed by atoms with Crippen molar-refractivity contribution in [2.75, 3.05) is 33.2 Å². The smallest absolute Gasteiger partial charge is 0.453 e. The maximum absolute atomic E-state index is 14.1. The lowest BCUT2D eigenvalue weighted by atomic mass is 10.0. The third kappa shape index (κ3) is 4.76. The van der Waals surface area contributed by atoms with Crippen LogP contribution in [-0.4, -0.2) is 48.1 Å². The van der Waals surface area contributed by atoms with Crippen molar-refractivity contribution in [3.8, 4) is 17.2 Å². The Labute approximate surface area is 195 Å². The lowest BCUT2D eigenvalue weighted by Gasteiger charge is -2.32. The van der Waals surface area contributed by atoms with Gasteiger partial charge in [0.05, 0.1) is 10.9 Å². The van der Waals surface area contributed by atoms with Gasteiger partial charge in [-0.05, 0) is 36.7 Å². The van der Waals surface area contributed by atoms with Crippen LogP contribution in [-0.2, 0) is 12.7 Å². The zero-order chi connectivity index (χ0) is 24.6. The number of alkyl halides is 3. The molecule has 0 radical (unpaired) electrons. The molecule has 2 heterocycles. The Bertz CT molecular complexity index is 1250. The van der Waals surface area contributed by atoms with Crippen LogP contribution in [0.15, 0.2) is 45.6 Å². The first-order chi connectivity index (χ1) is 16.1. The number of fused-ring (bicyclic) bond motifs is 1. The van der Waals surface area contributed by atoms with Crippen molar-refractivity contribution in [2.24, 2.45) is 0 Å². The molecule has 0 aliphatic carbocycles. The number of benzene rings is 2. The molecule has 0 atom stereocenters. The van der Waals surface area contributed by atoms with Gasteiger partial charge >= 0.3 is 6.18 Å². The van der Waals surface area contributed by atoms with Crippen molar-refractivity contribution in [3.63, 3.8) is 0 Å². The summed E-state index contributed by atoms with van der Waals surface area (Å²) in [4.78, 5) is 17.4. The molecule has 1 aromatic heterocycles. The summed E-state index contributed by atoms with van der Waals surface area (Å²) >= 11 is 0. The van der Waals surface area contributed by atoms with Crippen LogP contribution in [0.4, 0.5) is 13.2 Å². The van der Waals surface area contributed by atoms with Gasteiger partial charge in [0, 0.05) is 32.7 Å². The predicted octanol–water partition coefficient (Wildman–Crippen LogP) is 5.18. The SMILES string of the molecule is CC(C)c1ccccc1Oc1c(C(F)(F)F)oc2c(CN3CCN(C)CC3)c(O)ccc2c1=O. The van der Waals surface area contributed by atoms with Crippen LogP contribution in [0.25, 0.3) is 11.0 Å². The average molecular weight is 476 g/mol. The van der Waals surface area contributed by atoms with E-state index < -0.39 is 23.1 Å². The van der Waals surface area contributed by atoms with Crippen molar-refractivity contribution >= 4 is 11.0 Å². The molecule has 4 rings (SSSR count). The first-order valence-electron chi connectivity index (χ1n) is 11.1. The summed E-state index contributed by atoms with van der Waals surface area (Å²) in [5.74, 6) is -2.53. The summed E-state index contributed by atoms with van der Waals surface area (Å²) in [5.41, 5.74) is -0.400. The summed E-state index contributed by atoms with van der Waals surface area (Å²) in [6.45, 7) is 6.85. The highest BCUT2D eigenvalue weighted by atomic mass is 19.4. The van der Waals surface area contributed by atoms with E-state index in [4.69, 9.17) is 9.15 Å². The number of hydrogen-bond donors (Lipinski definition) is 1. The Morgan fingerprint density at radius 2 is 1.76 bits per heavy atom. The second kappa shape index (κ2) is 9.31. The van der Waals surface area contributed by atoms with Gasteiger partial charge in [-0.15, -0.1) is 0 Å². The molecular formula is C25H27F3N2O4. The Hall–Kier alpha value is -3.04. The fraction of sp³-hybridized carbons (Fsp3) is 0.400. The number of aromatic hydroxyl groups is 1. The minimum absolute atomic E-state index is 0.0369. The zero-order valence-electron chi connectivity index (χ0n) is 19.3. The van der Waals surface area contributed by atoms with E-state index in [0.29, 0.717) is 18.7 Å². The Morgan fingerprint density at radius 1 is 1.09 bits per heavy atom. The highest BCUT2D eigenvalue weighted by Crippen LogP contribution is 2.41. The highest BCUT2D eigenvalue weighted by molar-refractivity contribution is 5.83. The van der Waals surface area contributed by atoms with E-state index in [0.717, 1.165) is 13.1 Å². The third-order valence-electron chi connectivity index (χ3n) is 6.09. The van der Waals surface area contributed by atoms with E-state index in [1.807, 2.05) is 25.8 Å². The molecule has 1 aliphatic heterocycles. The van der Waals surface area contributed by atoms with Gasteiger partial charge in [0.15, 0.2) is 0 Å². The van der Waals surface area contributed by atoms with Crippen molar-refractivity contribution < 1.29 is 27.4 Å². The topological polar surface area (TPSA) is 66.2 Å². The number of para-hydroxylation sites is 1. The molecule has 0 unspecified atom stereocenters. The van der Waals surface area contributed by atoms with Crippen LogP contribution < -0.4 is 10.2 Å². The summed E-state index contributed by atoms with van der Waals surface area (Å²) < 4.78 is 53.1. The molecule has 1 fully saturated rings. The molecule has 9 heteroatoms. The van der Waals surface area contributed by atoms with Gasteiger partial charge in [0.2, 0.25) is 11.2 Å². The predicted molar refractivity (Wildman–Crippen MR) is 123 cm³/mol. The third-order valence-corrected chi connectivity index (χ3v) is 6.09.